The number of rotatable bonds is 5. The van der Waals surface area contributed by atoms with E-state index in [1.54, 1.807) is 0 Å². The molecule has 2 N–H and O–H groups in total. The predicted molar refractivity (Wildman–Crippen MR) is 119 cm³/mol. The topological polar surface area (TPSA) is 48.9 Å². The van der Waals surface area contributed by atoms with E-state index < -0.39 is 0 Å². The van der Waals surface area contributed by atoms with E-state index >= 15 is 0 Å². The Kier molecular flexibility index (Phi) is 9.45. The molecule has 0 bridgehead atoms. The molecule has 2 fully saturated rings. The van der Waals surface area contributed by atoms with Crippen molar-refractivity contribution >= 4 is 41.5 Å². The standard InChI is InChI=1S/C19H29ClN4O.HI/c1-21-19(23-17-7-2-3-8-17)22-14-18(24-9-11-25-12-10-24)15-5-4-6-16(20)13-15;/h4-6,13,17-18H,2-3,7-12,14H2,1H3,(H2,21,22,23);1H. The molecule has 7 heteroatoms. The Bertz CT molecular complexity index is 574. The number of nitrogens with zero attached hydrogens (tertiary/aromatic N) is 2. The summed E-state index contributed by atoms with van der Waals surface area (Å²) >= 11 is 6.23. The molecule has 1 aliphatic carbocycles. The van der Waals surface area contributed by atoms with Crippen molar-refractivity contribution in [2.24, 2.45) is 4.99 Å². The number of ether oxygens (including phenoxy) is 1. The van der Waals surface area contributed by atoms with Crippen LogP contribution in [0.15, 0.2) is 29.3 Å². The molecule has 0 radical (unpaired) electrons. The van der Waals surface area contributed by atoms with Crippen LogP contribution in [0, 0.1) is 0 Å². The first-order valence-electron chi connectivity index (χ1n) is 9.30. The van der Waals surface area contributed by atoms with Crippen LogP contribution in [-0.2, 0) is 4.74 Å². The summed E-state index contributed by atoms with van der Waals surface area (Å²) in [6, 6.07) is 8.98. The molecule has 1 saturated carbocycles. The summed E-state index contributed by atoms with van der Waals surface area (Å²) in [5, 5.41) is 7.86. The predicted octanol–water partition coefficient (Wildman–Crippen LogP) is 3.44. The molecule has 0 aromatic heterocycles. The van der Waals surface area contributed by atoms with E-state index in [1.807, 2.05) is 19.2 Å². The summed E-state index contributed by atoms with van der Waals surface area (Å²) < 4.78 is 5.52. The van der Waals surface area contributed by atoms with Gasteiger partial charge in [-0.2, -0.15) is 0 Å². The van der Waals surface area contributed by atoms with Crippen molar-refractivity contribution in [2.75, 3.05) is 39.9 Å². The highest BCUT2D eigenvalue weighted by molar-refractivity contribution is 14.0. The molecule has 1 unspecified atom stereocenters. The van der Waals surface area contributed by atoms with Gasteiger partial charge in [0.15, 0.2) is 5.96 Å². The Labute approximate surface area is 178 Å². The molecule has 146 valence electrons. The number of aliphatic imine (C=N–C) groups is 1. The summed E-state index contributed by atoms with van der Waals surface area (Å²) in [6.45, 7) is 4.24. The smallest absolute Gasteiger partial charge is 0.191 e. The summed E-state index contributed by atoms with van der Waals surface area (Å²) in [7, 11) is 1.84. The quantitative estimate of drug-likeness (QED) is 0.376. The molecule has 1 saturated heterocycles. The second-order valence-electron chi connectivity index (χ2n) is 6.80. The Hall–Kier alpha value is -0.570. The van der Waals surface area contributed by atoms with Gasteiger partial charge >= 0.3 is 0 Å². The summed E-state index contributed by atoms with van der Waals surface area (Å²) in [4.78, 5) is 6.87. The van der Waals surface area contributed by atoms with Crippen LogP contribution < -0.4 is 10.6 Å². The lowest BCUT2D eigenvalue weighted by molar-refractivity contribution is 0.0170. The van der Waals surface area contributed by atoms with Gasteiger partial charge in [-0.05, 0) is 30.5 Å². The van der Waals surface area contributed by atoms with Crippen molar-refractivity contribution in [3.05, 3.63) is 34.9 Å². The number of guanidine groups is 1. The maximum Gasteiger partial charge on any atom is 0.191 e. The zero-order valence-electron chi connectivity index (χ0n) is 15.4. The van der Waals surface area contributed by atoms with E-state index in [1.165, 1.54) is 31.2 Å². The lowest BCUT2D eigenvalue weighted by Crippen LogP contribution is -2.48. The van der Waals surface area contributed by atoms with Gasteiger partial charge in [0.25, 0.3) is 0 Å². The van der Waals surface area contributed by atoms with Gasteiger partial charge in [-0.3, -0.25) is 9.89 Å². The maximum atomic E-state index is 6.23. The molecule has 1 aromatic rings. The van der Waals surface area contributed by atoms with Gasteiger partial charge in [-0.25, -0.2) is 0 Å². The van der Waals surface area contributed by atoms with Gasteiger partial charge in [0.05, 0.1) is 19.3 Å². The highest BCUT2D eigenvalue weighted by Crippen LogP contribution is 2.24. The number of hydrogen-bond acceptors (Lipinski definition) is 3. The number of morpholine rings is 1. The minimum atomic E-state index is 0. The van der Waals surface area contributed by atoms with E-state index in [0.717, 1.165) is 43.8 Å². The lowest BCUT2D eigenvalue weighted by Gasteiger charge is -2.35. The van der Waals surface area contributed by atoms with Crippen molar-refractivity contribution in [3.8, 4) is 0 Å². The first-order chi connectivity index (χ1) is 12.3. The van der Waals surface area contributed by atoms with Gasteiger partial charge in [0, 0.05) is 37.7 Å². The van der Waals surface area contributed by atoms with Crippen LogP contribution in [0.1, 0.15) is 37.3 Å². The van der Waals surface area contributed by atoms with E-state index in [2.05, 4.69) is 32.7 Å². The van der Waals surface area contributed by atoms with Crippen molar-refractivity contribution in [1.29, 1.82) is 0 Å². The van der Waals surface area contributed by atoms with Crippen molar-refractivity contribution in [1.82, 2.24) is 15.5 Å². The molecule has 26 heavy (non-hydrogen) atoms. The number of halogens is 2. The SMILES string of the molecule is CN=C(NCC(c1cccc(Cl)c1)N1CCOCC1)NC1CCCC1.I. The van der Waals surface area contributed by atoms with Gasteiger partial charge in [-0.1, -0.05) is 36.6 Å². The van der Waals surface area contributed by atoms with Gasteiger partial charge in [0.1, 0.15) is 0 Å². The molecule has 0 amide bonds. The fourth-order valence-corrected chi connectivity index (χ4v) is 3.91. The molecular formula is C19H30ClIN4O. The summed E-state index contributed by atoms with van der Waals surface area (Å²) in [5.74, 6) is 0.896. The molecular weight excluding hydrogens is 463 g/mol. The second-order valence-corrected chi connectivity index (χ2v) is 7.23. The van der Waals surface area contributed by atoms with Gasteiger partial charge in [0.2, 0.25) is 0 Å². The molecule has 5 nitrogen and oxygen atoms in total. The van der Waals surface area contributed by atoms with Crippen LogP contribution in [-0.4, -0.2) is 56.8 Å². The monoisotopic (exact) mass is 492 g/mol. The van der Waals surface area contributed by atoms with Crippen molar-refractivity contribution < 1.29 is 4.74 Å². The minimum absolute atomic E-state index is 0. The molecule has 1 atom stereocenters. The third-order valence-corrected chi connectivity index (χ3v) is 5.34. The molecule has 1 aromatic carbocycles. The minimum Gasteiger partial charge on any atom is -0.379 e. The molecule has 1 aliphatic heterocycles. The third-order valence-electron chi connectivity index (χ3n) is 5.10. The largest absolute Gasteiger partial charge is 0.379 e. The van der Waals surface area contributed by atoms with Crippen molar-refractivity contribution in [2.45, 2.75) is 37.8 Å². The zero-order valence-corrected chi connectivity index (χ0v) is 18.5. The molecule has 1 heterocycles. The summed E-state index contributed by atoms with van der Waals surface area (Å²) in [6.07, 6.45) is 5.10. The second kappa shape index (κ2) is 11.3. The molecule has 0 spiro atoms. The third kappa shape index (κ3) is 6.25. The van der Waals surface area contributed by atoms with E-state index in [9.17, 15) is 0 Å². The van der Waals surface area contributed by atoms with Crippen molar-refractivity contribution in [3.63, 3.8) is 0 Å². The first kappa shape index (κ1) is 21.7. The van der Waals surface area contributed by atoms with Crippen LogP contribution >= 0.6 is 35.6 Å². The average Bonchev–Trinajstić information content (AvgIpc) is 3.15. The maximum absolute atomic E-state index is 6.23. The van der Waals surface area contributed by atoms with E-state index in [0.29, 0.717) is 6.04 Å². The van der Waals surface area contributed by atoms with Crippen LogP contribution in [0.4, 0.5) is 0 Å². The summed E-state index contributed by atoms with van der Waals surface area (Å²) in [5.41, 5.74) is 1.23. The molecule has 2 aliphatic rings. The number of hydrogen-bond donors (Lipinski definition) is 2. The lowest BCUT2D eigenvalue weighted by atomic mass is 10.0. The fourth-order valence-electron chi connectivity index (χ4n) is 3.71. The number of nitrogens with one attached hydrogen (secondary N) is 2. The van der Waals surface area contributed by atoms with E-state index in [4.69, 9.17) is 16.3 Å². The van der Waals surface area contributed by atoms with Gasteiger partial charge < -0.3 is 15.4 Å². The molecule has 3 rings (SSSR count). The highest BCUT2D eigenvalue weighted by Gasteiger charge is 2.24. The van der Waals surface area contributed by atoms with Crippen LogP contribution in [0.25, 0.3) is 0 Å². The fraction of sp³-hybridized carbons (Fsp3) is 0.632. The Morgan fingerprint density at radius 2 is 2.04 bits per heavy atom. The average molecular weight is 493 g/mol. The van der Waals surface area contributed by atoms with E-state index in [-0.39, 0.29) is 30.0 Å². The van der Waals surface area contributed by atoms with Crippen LogP contribution in [0.3, 0.4) is 0 Å². The Balaban J connectivity index is 0.00000243. The highest BCUT2D eigenvalue weighted by atomic mass is 127. The zero-order chi connectivity index (χ0) is 17.5. The number of benzene rings is 1. The first-order valence-corrected chi connectivity index (χ1v) is 9.68. The Morgan fingerprint density at radius 1 is 1.31 bits per heavy atom. The normalized spacial score (nSPS) is 20.5. The van der Waals surface area contributed by atoms with Gasteiger partial charge in [-0.15, -0.1) is 24.0 Å². The van der Waals surface area contributed by atoms with Crippen LogP contribution in [0.5, 0.6) is 0 Å². The van der Waals surface area contributed by atoms with Crippen LogP contribution in [0.2, 0.25) is 5.02 Å². The Morgan fingerprint density at radius 3 is 2.69 bits per heavy atom.